The van der Waals surface area contributed by atoms with Gasteiger partial charge in [0.25, 0.3) is 5.91 Å². The summed E-state index contributed by atoms with van der Waals surface area (Å²) >= 11 is 8.37. The molecule has 8 unspecified atom stereocenters. The number of aromatic amines is 1. The first-order chi connectivity index (χ1) is 41.6. The normalized spacial score (nSPS) is 15.4. The van der Waals surface area contributed by atoms with Gasteiger partial charge in [-0.15, -0.1) is 0 Å². The number of nitrogens with one attached hydrogen (secondary N) is 10. The van der Waals surface area contributed by atoms with Crippen molar-refractivity contribution in [2.45, 2.75) is 114 Å². The van der Waals surface area contributed by atoms with Gasteiger partial charge in [0.2, 0.25) is 47.3 Å². The van der Waals surface area contributed by atoms with Gasteiger partial charge in [-0.25, -0.2) is 4.79 Å². The molecule has 0 aliphatic carbocycles. The number of nitrogens with two attached hydrogens (primary N) is 5. The highest BCUT2D eigenvalue weighted by molar-refractivity contribution is 7.80. The maximum absolute atomic E-state index is 14.9. The molecule has 3 aromatic carbocycles. The van der Waals surface area contributed by atoms with Gasteiger partial charge in [-0.2, -0.15) is 25.3 Å². The number of amides is 11. The third-order valence-electron chi connectivity index (χ3n) is 13.8. The topological polar surface area (TPSA) is 465 Å². The Hall–Kier alpha value is -9.13. The van der Waals surface area contributed by atoms with Crippen LogP contribution in [0.5, 0.6) is 0 Å². The number of aryl methyl sites for hydroxylation is 1. The van der Waals surface area contributed by atoms with Crippen LogP contribution in [-0.4, -0.2) is 180 Å². The van der Waals surface area contributed by atoms with Crippen LogP contribution in [0, 0.1) is 0 Å². The number of para-hydroxylation sites is 1. The van der Waals surface area contributed by atoms with Crippen LogP contribution < -0.4 is 76.5 Å². The molecule has 87 heavy (non-hydrogen) atoms. The van der Waals surface area contributed by atoms with Gasteiger partial charge in [-0.3, -0.25) is 63.0 Å². The van der Waals surface area contributed by atoms with Gasteiger partial charge in [-0.05, 0) is 86.8 Å². The Bertz CT molecular complexity index is 3170. The number of primary amides is 1. The van der Waals surface area contributed by atoms with Crippen molar-refractivity contribution in [3.63, 3.8) is 0 Å². The van der Waals surface area contributed by atoms with Gasteiger partial charge >= 0.3 is 6.03 Å². The van der Waals surface area contributed by atoms with Crippen molar-refractivity contribution in [3.8, 4) is 0 Å². The number of thiol groups is 2. The monoisotopic (exact) mass is 1240 g/mol. The molecular formula is C56H79N19O10S2. The van der Waals surface area contributed by atoms with E-state index in [1.165, 1.54) is 13.3 Å². The SMILES string of the molecule is CCNC=NCCC(NC(=O)C(C)NC(=O)C(CS)NC(=O)CN1C(=O)NC(CCCN=C(N)N)C1=O)C(=O)NC(Cc1ccc2ccccc2c1)C(=O)NC(CCCN=C(N)N)C(=O)NC(CCc1c[nH]c2ccccc12)C(=O)NC(CS)C(N)=O. The first kappa shape index (κ1) is 68.6. The fourth-order valence-corrected chi connectivity index (χ4v) is 9.69. The molecule has 0 bridgehead atoms. The number of guanidine groups is 2. The molecule has 2 heterocycles. The number of fused-ring (bicyclic) bond motifs is 2. The van der Waals surface area contributed by atoms with Crippen LogP contribution in [0.15, 0.2) is 87.9 Å². The zero-order valence-corrected chi connectivity index (χ0v) is 50.2. The third-order valence-corrected chi connectivity index (χ3v) is 14.6. The lowest BCUT2D eigenvalue weighted by molar-refractivity contribution is -0.135. The number of carbonyl (C=O) groups is 10. The highest BCUT2D eigenvalue weighted by atomic mass is 32.1. The average Bonchev–Trinajstić information content (AvgIpc) is 3.33. The lowest BCUT2D eigenvalue weighted by atomic mass is 9.99. The predicted octanol–water partition coefficient (Wildman–Crippen LogP) is -2.69. The number of aliphatic imine (C=N–C) groups is 3. The molecule has 1 fully saturated rings. The minimum atomic E-state index is -1.44. The van der Waals surface area contributed by atoms with E-state index in [1.807, 2.05) is 67.6 Å². The molecule has 1 saturated heterocycles. The number of H-pyrrole nitrogens is 1. The Kier molecular flexibility index (Phi) is 27.4. The summed E-state index contributed by atoms with van der Waals surface area (Å²) in [6.07, 6.45) is 3.88. The van der Waals surface area contributed by atoms with Crippen LogP contribution in [0.25, 0.3) is 21.7 Å². The average molecular weight is 1240 g/mol. The number of hydrogen-bond acceptors (Lipinski definition) is 15. The maximum atomic E-state index is 14.9. The fourth-order valence-electron chi connectivity index (χ4n) is 9.16. The number of benzene rings is 3. The molecule has 0 saturated carbocycles. The summed E-state index contributed by atoms with van der Waals surface area (Å²) in [7, 11) is 0. The molecule has 11 amide bonds. The molecule has 470 valence electrons. The molecule has 1 aromatic heterocycles. The molecule has 0 radical (unpaired) electrons. The van der Waals surface area contributed by atoms with Crippen LogP contribution in [0.1, 0.15) is 63.5 Å². The Morgan fingerprint density at radius 3 is 1.87 bits per heavy atom. The minimum absolute atomic E-state index is 0.0150. The van der Waals surface area contributed by atoms with Gasteiger partial charge in [0.05, 0.1) is 6.34 Å². The molecule has 1 aliphatic rings. The largest absolute Gasteiger partial charge is 0.377 e. The lowest BCUT2D eigenvalue weighted by Crippen LogP contribution is -2.60. The molecule has 4 aromatic rings. The zero-order chi connectivity index (χ0) is 63.6. The van der Waals surface area contributed by atoms with Gasteiger partial charge in [-0.1, -0.05) is 60.7 Å². The number of rotatable bonds is 36. The molecule has 20 N–H and O–H groups in total. The molecule has 8 atom stereocenters. The summed E-state index contributed by atoms with van der Waals surface area (Å²) in [4.78, 5) is 153. The van der Waals surface area contributed by atoms with Crippen LogP contribution >= 0.6 is 25.3 Å². The Balaban J connectivity index is 1.37. The van der Waals surface area contributed by atoms with Crippen molar-refractivity contribution in [2.75, 3.05) is 44.2 Å². The van der Waals surface area contributed by atoms with E-state index in [2.05, 4.69) is 93.1 Å². The molecule has 0 spiro atoms. The number of aromatic nitrogens is 1. The standard InChI is InChI=1S/C56H79N19O10S2/c1-3-62-30-63-23-20-40(69-47(78)31(2)67-52(83)44(29-87)68-45(76)27-75-53(84)41(74-56(75)85)15-9-22-65-55(60)61)50(81)72-42(25-32-16-17-33-10-4-5-11-34(33)24-32)51(82)70-38(14-8-21-64-54(58)59)48(79)71-39(49(80)73-43(28-86)46(57)77)19-18-35-26-66-37-13-7-6-12-36(35)37/h4-7,10-13,16-17,24,26,30-31,38-44,66,86-87H,3,8-9,14-15,18-23,25,27-29H2,1-2H3,(H2,57,77)(H,62,63)(H,67,83)(H,68,76)(H,69,78)(H,70,82)(H,71,79)(H,72,81)(H,73,80)(H,74,85)(H4,58,59,64)(H4,60,61,65). The predicted molar refractivity (Wildman–Crippen MR) is 336 cm³/mol. The minimum Gasteiger partial charge on any atom is -0.377 e. The molecule has 29 nitrogen and oxygen atoms in total. The lowest BCUT2D eigenvalue weighted by Gasteiger charge is -2.27. The van der Waals surface area contributed by atoms with Crippen molar-refractivity contribution < 1.29 is 47.9 Å². The number of imide groups is 1. The second kappa shape index (κ2) is 34.7. The summed E-state index contributed by atoms with van der Waals surface area (Å²) in [6.45, 7) is 3.21. The van der Waals surface area contributed by atoms with Gasteiger partial charge in [0.15, 0.2) is 11.9 Å². The second-order valence-electron chi connectivity index (χ2n) is 20.4. The van der Waals surface area contributed by atoms with Crippen LogP contribution in [-0.2, 0) is 56.0 Å². The van der Waals surface area contributed by atoms with E-state index < -0.39 is 114 Å². The number of hydrogen-bond donors (Lipinski definition) is 17. The van der Waals surface area contributed by atoms with E-state index in [9.17, 15) is 47.9 Å². The number of urea groups is 1. The van der Waals surface area contributed by atoms with Crippen molar-refractivity contribution >= 4 is 124 Å². The zero-order valence-electron chi connectivity index (χ0n) is 48.4. The highest BCUT2D eigenvalue weighted by Gasteiger charge is 2.39. The quantitative estimate of drug-likeness (QED) is 0.00725. The van der Waals surface area contributed by atoms with E-state index in [0.29, 0.717) is 23.4 Å². The molecule has 5 rings (SSSR count). The summed E-state index contributed by atoms with van der Waals surface area (Å²) in [5, 5.41) is 26.5. The van der Waals surface area contributed by atoms with Crippen molar-refractivity contribution in [1.82, 2.24) is 57.7 Å². The number of carbonyl (C=O) groups excluding carboxylic acids is 10. The summed E-state index contributed by atoms with van der Waals surface area (Å²) in [5.41, 5.74) is 29.7. The Morgan fingerprint density at radius 2 is 1.22 bits per heavy atom. The summed E-state index contributed by atoms with van der Waals surface area (Å²) in [5.74, 6) is -8.14. The van der Waals surface area contributed by atoms with Crippen molar-refractivity contribution in [3.05, 3.63) is 84.1 Å². The van der Waals surface area contributed by atoms with E-state index in [-0.39, 0.29) is 88.0 Å². The van der Waals surface area contributed by atoms with E-state index in [4.69, 9.17) is 28.7 Å². The highest BCUT2D eigenvalue weighted by Crippen LogP contribution is 2.21. The van der Waals surface area contributed by atoms with Gasteiger partial charge in [0.1, 0.15) is 54.9 Å². The van der Waals surface area contributed by atoms with Crippen LogP contribution in [0.3, 0.4) is 0 Å². The van der Waals surface area contributed by atoms with Crippen molar-refractivity contribution in [2.24, 2.45) is 43.6 Å². The molecule has 31 heteroatoms. The Labute approximate surface area is 513 Å². The van der Waals surface area contributed by atoms with E-state index in [1.54, 1.807) is 12.3 Å². The Morgan fingerprint density at radius 1 is 0.644 bits per heavy atom. The summed E-state index contributed by atoms with van der Waals surface area (Å²) < 4.78 is 0. The van der Waals surface area contributed by atoms with Gasteiger partial charge in [0, 0.05) is 61.2 Å². The third kappa shape index (κ3) is 21.7. The number of nitrogens with zero attached hydrogens (tertiary/aromatic N) is 4. The van der Waals surface area contributed by atoms with Crippen molar-refractivity contribution in [1.29, 1.82) is 0 Å². The first-order valence-electron chi connectivity index (χ1n) is 28.2. The fraction of sp³-hybridized carbons (Fsp3) is 0.446. The molecule has 1 aliphatic heterocycles. The van der Waals surface area contributed by atoms with E-state index >= 15 is 0 Å². The maximum Gasteiger partial charge on any atom is 0.325 e. The second-order valence-corrected chi connectivity index (χ2v) is 21.1. The first-order valence-corrected chi connectivity index (χ1v) is 29.5. The van der Waals surface area contributed by atoms with Crippen LogP contribution in [0.4, 0.5) is 4.79 Å². The summed E-state index contributed by atoms with van der Waals surface area (Å²) in [6, 6.07) is 9.27. The van der Waals surface area contributed by atoms with E-state index in [0.717, 1.165) is 27.2 Å². The van der Waals surface area contributed by atoms with Gasteiger partial charge < -0.3 is 81.5 Å². The van der Waals surface area contributed by atoms with Crippen LogP contribution in [0.2, 0.25) is 0 Å². The smallest absolute Gasteiger partial charge is 0.325 e. The molecular weight excluding hydrogens is 1160 g/mol.